The Hall–Kier alpha value is -1.43. The van der Waals surface area contributed by atoms with Gasteiger partial charge in [0.25, 0.3) is 0 Å². The second-order valence-corrected chi connectivity index (χ2v) is 4.99. The summed E-state index contributed by atoms with van der Waals surface area (Å²) in [5.74, 6) is 1.76. The molecule has 0 aliphatic heterocycles. The first kappa shape index (κ1) is 8.84. The molecule has 1 heterocycles. The molecule has 3 aromatic rings. The van der Waals surface area contributed by atoms with E-state index in [0.29, 0.717) is 0 Å². The molecule has 0 aliphatic carbocycles. The van der Waals surface area contributed by atoms with Crippen LogP contribution in [0.1, 0.15) is 0 Å². The van der Waals surface area contributed by atoms with Crippen LogP contribution in [0.25, 0.3) is 21.3 Å². The Morgan fingerprint density at radius 1 is 0.800 bits per heavy atom. The molecule has 0 N–H and O–H groups in total. The van der Waals surface area contributed by atoms with Gasteiger partial charge in [0.1, 0.15) is 5.80 Å². The Labute approximate surface area is 88.8 Å². The number of hydrogen-bond acceptors (Lipinski definition) is 1. The van der Waals surface area contributed by atoms with Crippen molar-refractivity contribution in [1.82, 2.24) is 0 Å². The van der Waals surface area contributed by atoms with Crippen LogP contribution < -0.4 is 4.89 Å². The van der Waals surface area contributed by atoms with Crippen LogP contribution >= 0.6 is 7.76 Å². The molecule has 0 amide bonds. The van der Waals surface area contributed by atoms with Gasteiger partial charge in [-0.15, -0.1) is 0 Å². The molecular weight excluding hydrogens is 203 g/mol. The average Bonchev–Trinajstić information content (AvgIpc) is 2.29. The molecule has 1 aromatic heterocycles. The van der Waals surface area contributed by atoms with Crippen molar-refractivity contribution in [3.8, 4) is 0 Å². The minimum absolute atomic E-state index is 0.950. The molecule has 3 rings (SSSR count). The highest BCUT2D eigenvalue weighted by Crippen LogP contribution is 2.34. The van der Waals surface area contributed by atoms with Crippen LogP contribution in [0, 0.1) is 0 Å². The minimum Gasteiger partial charge on any atom is -0.626 e. The van der Waals surface area contributed by atoms with E-state index < -0.39 is 7.76 Å². The molecule has 1 unspecified atom stereocenters. The van der Waals surface area contributed by atoms with Crippen LogP contribution in [0.2, 0.25) is 0 Å². The van der Waals surface area contributed by atoms with E-state index in [9.17, 15) is 4.89 Å². The Morgan fingerprint density at radius 3 is 2.53 bits per heavy atom. The van der Waals surface area contributed by atoms with Gasteiger partial charge < -0.3 is 4.89 Å². The van der Waals surface area contributed by atoms with Crippen molar-refractivity contribution in [1.29, 1.82) is 0 Å². The number of hydrogen-bond donors (Lipinski definition) is 0. The zero-order chi connectivity index (χ0) is 10.3. The number of fused-ring (bicyclic) bond motifs is 3. The molecule has 0 aliphatic rings. The van der Waals surface area contributed by atoms with E-state index in [1.165, 1.54) is 10.8 Å². The molecule has 0 radical (unpaired) electrons. The molecule has 2 aromatic carbocycles. The Morgan fingerprint density at radius 2 is 1.60 bits per heavy atom. The van der Waals surface area contributed by atoms with E-state index >= 15 is 0 Å². The van der Waals surface area contributed by atoms with Crippen molar-refractivity contribution >= 4 is 29.0 Å². The highest BCUT2D eigenvalue weighted by molar-refractivity contribution is 7.47. The third-order valence-corrected chi connectivity index (χ3v) is 3.98. The second-order valence-electron chi connectivity index (χ2n) is 3.55. The highest BCUT2D eigenvalue weighted by atomic mass is 31.1. The predicted molar refractivity (Wildman–Crippen MR) is 64.0 cm³/mol. The lowest BCUT2D eigenvalue weighted by atomic mass is 10.1. The van der Waals surface area contributed by atoms with Gasteiger partial charge in [0.2, 0.25) is 0 Å². The largest absolute Gasteiger partial charge is 0.626 e. The summed E-state index contributed by atoms with van der Waals surface area (Å²) in [6.45, 7) is 0. The second kappa shape index (κ2) is 3.30. The van der Waals surface area contributed by atoms with Gasteiger partial charge in [-0.25, -0.2) is 0 Å². The van der Waals surface area contributed by atoms with Crippen LogP contribution in [0.4, 0.5) is 0 Å². The first-order valence-corrected chi connectivity index (χ1v) is 6.19. The van der Waals surface area contributed by atoms with E-state index in [1.54, 1.807) is 5.80 Å². The zero-order valence-corrected chi connectivity index (χ0v) is 8.95. The van der Waals surface area contributed by atoms with Crippen LogP contribution in [0.3, 0.4) is 0 Å². The number of rotatable bonds is 0. The molecule has 2 heteroatoms. The van der Waals surface area contributed by atoms with Crippen molar-refractivity contribution in [3.63, 3.8) is 0 Å². The summed E-state index contributed by atoms with van der Waals surface area (Å²) in [4.78, 5) is 11.8. The number of benzene rings is 2. The van der Waals surface area contributed by atoms with Gasteiger partial charge in [0.05, 0.1) is 7.76 Å². The van der Waals surface area contributed by atoms with Crippen LogP contribution in [-0.4, -0.2) is 0 Å². The van der Waals surface area contributed by atoms with Gasteiger partial charge in [-0.2, -0.15) is 0 Å². The minimum atomic E-state index is -1.34. The lowest BCUT2D eigenvalue weighted by molar-refractivity contribution is -0.149. The maximum atomic E-state index is 11.8. The van der Waals surface area contributed by atoms with E-state index in [2.05, 4.69) is 12.1 Å². The molecule has 0 saturated carbocycles. The molecule has 1 nitrogen and oxygen atoms in total. The van der Waals surface area contributed by atoms with Gasteiger partial charge in [-0.05, 0) is 35.0 Å². The van der Waals surface area contributed by atoms with Gasteiger partial charge in [-0.3, -0.25) is 0 Å². The molecule has 1 atom stereocenters. The lowest BCUT2D eigenvalue weighted by Gasteiger charge is -2.02. The molecule has 72 valence electrons. The molecule has 15 heavy (non-hydrogen) atoms. The van der Waals surface area contributed by atoms with Gasteiger partial charge in [0.15, 0.2) is 5.12 Å². The van der Waals surface area contributed by atoms with Crippen molar-refractivity contribution in [2.75, 3.05) is 0 Å². The zero-order valence-electron chi connectivity index (χ0n) is 8.05. The maximum absolute atomic E-state index is 11.8. The van der Waals surface area contributed by atoms with Crippen molar-refractivity contribution in [3.05, 3.63) is 54.3 Å². The SMILES string of the molecule is [O-][p+]1cccc2c3ccccc3ccc21. The maximum Gasteiger partial charge on any atom is 0.152 e. The quantitative estimate of drug-likeness (QED) is 0.524. The monoisotopic (exact) mass is 212 g/mol. The highest BCUT2D eigenvalue weighted by Gasteiger charge is 2.05. The first-order chi connectivity index (χ1) is 7.36. The normalized spacial score (nSPS) is 12.2. The lowest BCUT2D eigenvalue weighted by Crippen LogP contribution is -1.84. The van der Waals surface area contributed by atoms with Gasteiger partial charge in [0, 0.05) is 5.39 Å². The third kappa shape index (κ3) is 1.32. The summed E-state index contributed by atoms with van der Waals surface area (Å²) in [6, 6.07) is 16.1. The van der Waals surface area contributed by atoms with Crippen molar-refractivity contribution in [2.45, 2.75) is 0 Å². The third-order valence-electron chi connectivity index (χ3n) is 2.67. The standard InChI is InChI=1S/C13H9OP/c14-15-9-3-6-12-11-5-2-1-4-10(11)7-8-13(12)15/h1-9H. The van der Waals surface area contributed by atoms with Gasteiger partial charge >= 0.3 is 0 Å². The summed E-state index contributed by atoms with van der Waals surface area (Å²) in [5, 5.41) is 4.44. The van der Waals surface area contributed by atoms with Crippen molar-refractivity contribution < 1.29 is 4.89 Å². The molecular formula is C13H9OP. The van der Waals surface area contributed by atoms with Crippen LogP contribution in [0.5, 0.6) is 0 Å². The van der Waals surface area contributed by atoms with Crippen LogP contribution in [-0.2, 0) is 0 Å². The van der Waals surface area contributed by atoms with E-state index in [1.807, 2.05) is 36.4 Å². The molecule has 0 saturated heterocycles. The first-order valence-electron chi connectivity index (χ1n) is 4.86. The fourth-order valence-corrected chi connectivity index (χ4v) is 3.01. The van der Waals surface area contributed by atoms with E-state index in [0.717, 1.165) is 10.5 Å². The topological polar surface area (TPSA) is 23.1 Å². The summed E-state index contributed by atoms with van der Waals surface area (Å²) in [6.07, 6.45) is 0. The van der Waals surface area contributed by atoms with Crippen LogP contribution in [0.15, 0.2) is 54.3 Å². The molecule has 0 bridgehead atoms. The summed E-state index contributed by atoms with van der Waals surface area (Å²) < 4.78 is 0. The fraction of sp³-hybridized carbons (Fsp3) is 0. The smallest absolute Gasteiger partial charge is 0.152 e. The summed E-state index contributed by atoms with van der Waals surface area (Å²) in [7, 11) is -1.34. The fourth-order valence-electron chi connectivity index (χ4n) is 1.95. The average molecular weight is 212 g/mol. The Bertz CT molecular complexity index is 646. The van der Waals surface area contributed by atoms with E-state index in [-0.39, 0.29) is 0 Å². The summed E-state index contributed by atoms with van der Waals surface area (Å²) in [5.41, 5.74) is 0. The summed E-state index contributed by atoms with van der Waals surface area (Å²) >= 11 is 0. The Balaban J connectivity index is 2.60. The predicted octanol–water partition coefficient (Wildman–Crippen LogP) is 3.38. The molecule has 0 fully saturated rings. The van der Waals surface area contributed by atoms with E-state index in [4.69, 9.17) is 0 Å². The molecule has 0 spiro atoms. The Kier molecular flexibility index (Phi) is 1.95. The van der Waals surface area contributed by atoms with Gasteiger partial charge in [-0.1, -0.05) is 24.3 Å². The van der Waals surface area contributed by atoms with Crippen molar-refractivity contribution in [2.24, 2.45) is 0 Å².